The van der Waals surface area contributed by atoms with Gasteiger partial charge >= 0.3 is 5.97 Å². The molecule has 0 aromatic rings. The Morgan fingerprint density at radius 2 is 1.56 bits per heavy atom. The van der Waals surface area contributed by atoms with Gasteiger partial charge in [0.25, 0.3) is 0 Å². The largest absolute Gasteiger partial charge is 0.480 e. The molecule has 5 amide bonds. The normalized spacial score (nSPS) is 19.1. The summed E-state index contributed by atoms with van der Waals surface area (Å²) in [4.78, 5) is 71.8. The number of carbonyl (C=O) groups is 6. The van der Waals surface area contributed by atoms with Crippen molar-refractivity contribution in [3.8, 4) is 0 Å². The Kier molecular flexibility index (Phi) is 10.5. The van der Waals surface area contributed by atoms with Gasteiger partial charge in [-0.25, -0.2) is 4.79 Å². The van der Waals surface area contributed by atoms with Crippen molar-refractivity contribution >= 4 is 35.5 Å². The van der Waals surface area contributed by atoms with Crippen LogP contribution < -0.4 is 32.7 Å². The van der Waals surface area contributed by atoms with Crippen molar-refractivity contribution in [2.45, 2.75) is 70.1 Å². The molecule has 1 fully saturated rings. The van der Waals surface area contributed by atoms with Gasteiger partial charge in [0.15, 0.2) is 0 Å². The van der Waals surface area contributed by atoms with E-state index < -0.39 is 78.4 Å². The van der Waals surface area contributed by atoms with Crippen LogP contribution in [0.1, 0.15) is 46.0 Å². The Bertz CT molecular complexity index is 738. The molecular weight excluding hydrogens is 424 g/mol. The molecule has 0 aromatic heterocycles. The number of nitrogens with one attached hydrogen (secondary N) is 4. The third-order valence-electron chi connectivity index (χ3n) is 5.23. The average molecular weight is 457 g/mol. The van der Waals surface area contributed by atoms with Crippen molar-refractivity contribution in [3.05, 3.63) is 0 Å². The van der Waals surface area contributed by atoms with Crippen molar-refractivity contribution in [1.82, 2.24) is 21.3 Å². The zero-order valence-corrected chi connectivity index (χ0v) is 18.2. The van der Waals surface area contributed by atoms with Crippen LogP contribution in [0.3, 0.4) is 0 Å². The van der Waals surface area contributed by atoms with E-state index in [0.29, 0.717) is 19.4 Å². The molecule has 0 aliphatic carbocycles. The number of hydrogen-bond acceptors (Lipinski definition) is 7. The summed E-state index contributed by atoms with van der Waals surface area (Å²) in [6.07, 6.45) is 0.683. The molecule has 5 unspecified atom stereocenters. The van der Waals surface area contributed by atoms with Crippen LogP contribution in [0.25, 0.3) is 0 Å². The quantitative estimate of drug-likeness (QED) is 0.152. The first kappa shape index (κ1) is 26.8. The predicted octanol–water partition coefficient (Wildman–Crippen LogP) is -2.93. The van der Waals surface area contributed by atoms with Crippen LogP contribution in [-0.2, 0) is 28.8 Å². The molecule has 1 rings (SSSR count). The van der Waals surface area contributed by atoms with Gasteiger partial charge in [-0.1, -0.05) is 20.3 Å². The van der Waals surface area contributed by atoms with Gasteiger partial charge in [0.05, 0.1) is 18.9 Å². The lowest BCUT2D eigenvalue weighted by Gasteiger charge is -2.27. The second-order valence-corrected chi connectivity index (χ2v) is 7.82. The Labute approximate surface area is 185 Å². The van der Waals surface area contributed by atoms with E-state index in [1.165, 1.54) is 0 Å². The number of amides is 5. The van der Waals surface area contributed by atoms with Gasteiger partial charge < -0.3 is 37.8 Å². The van der Waals surface area contributed by atoms with Crippen LogP contribution in [0.2, 0.25) is 0 Å². The molecule has 180 valence electrons. The standard InChI is InChI=1S/C19H32N6O7/c1-3-9(2)15(18(30)24-12(19(31)32)8-14(21)27)25-17(29)11(7-13(20)26)23-16(28)10-5-4-6-22-10/h9-12,15,22H,3-8H2,1-2H3,(H2,20,26)(H2,21,27)(H,23,28)(H,24,30)(H,25,29)(H,31,32). The highest BCUT2D eigenvalue weighted by atomic mass is 16.4. The summed E-state index contributed by atoms with van der Waals surface area (Å²) in [6.45, 7) is 4.05. The highest BCUT2D eigenvalue weighted by molar-refractivity contribution is 5.96. The summed E-state index contributed by atoms with van der Waals surface area (Å²) in [5.41, 5.74) is 10.2. The summed E-state index contributed by atoms with van der Waals surface area (Å²) in [5, 5.41) is 19.3. The number of nitrogens with two attached hydrogens (primary N) is 2. The van der Waals surface area contributed by atoms with Crippen LogP contribution in [0.15, 0.2) is 0 Å². The average Bonchev–Trinajstić information content (AvgIpc) is 3.24. The number of carboxylic acid groups (broad SMARTS) is 1. The topological polar surface area (TPSA) is 223 Å². The molecule has 32 heavy (non-hydrogen) atoms. The minimum Gasteiger partial charge on any atom is -0.480 e. The maximum Gasteiger partial charge on any atom is 0.326 e. The zero-order valence-electron chi connectivity index (χ0n) is 18.2. The summed E-state index contributed by atoms with van der Waals surface area (Å²) in [5.74, 6) is -5.80. The van der Waals surface area contributed by atoms with E-state index >= 15 is 0 Å². The second-order valence-electron chi connectivity index (χ2n) is 7.82. The van der Waals surface area contributed by atoms with Gasteiger partial charge in [0, 0.05) is 0 Å². The highest BCUT2D eigenvalue weighted by Crippen LogP contribution is 2.11. The third-order valence-corrected chi connectivity index (χ3v) is 5.23. The lowest BCUT2D eigenvalue weighted by molar-refractivity contribution is -0.144. The van der Waals surface area contributed by atoms with Gasteiger partial charge in [-0.2, -0.15) is 0 Å². The second kappa shape index (κ2) is 12.6. The number of carbonyl (C=O) groups excluding carboxylic acids is 5. The number of rotatable bonds is 13. The maximum atomic E-state index is 12.8. The number of carboxylic acids is 1. The molecule has 13 heteroatoms. The number of primary amides is 2. The first-order valence-corrected chi connectivity index (χ1v) is 10.4. The van der Waals surface area contributed by atoms with Crippen LogP contribution in [0, 0.1) is 5.92 Å². The van der Waals surface area contributed by atoms with Crippen molar-refractivity contribution in [2.75, 3.05) is 6.54 Å². The fourth-order valence-electron chi connectivity index (χ4n) is 3.21. The van der Waals surface area contributed by atoms with E-state index in [9.17, 15) is 33.9 Å². The van der Waals surface area contributed by atoms with Crippen molar-refractivity contribution in [1.29, 1.82) is 0 Å². The summed E-state index contributed by atoms with van der Waals surface area (Å²) >= 11 is 0. The lowest BCUT2D eigenvalue weighted by atomic mass is 9.97. The maximum absolute atomic E-state index is 12.8. The van der Waals surface area contributed by atoms with E-state index in [-0.39, 0.29) is 0 Å². The molecular formula is C19H32N6O7. The fourth-order valence-corrected chi connectivity index (χ4v) is 3.21. The van der Waals surface area contributed by atoms with E-state index in [1.54, 1.807) is 13.8 Å². The van der Waals surface area contributed by atoms with Gasteiger partial charge in [-0.3, -0.25) is 24.0 Å². The minimum absolute atomic E-state index is 0.435. The van der Waals surface area contributed by atoms with Gasteiger partial charge in [-0.15, -0.1) is 0 Å². The van der Waals surface area contributed by atoms with Gasteiger partial charge in [0.1, 0.15) is 18.1 Å². The lowest BCUT2D eigenvalue weighted by Crippen LogP contribution is -2.59. The SMILES string of the molecule is CCC(C)C(NC(=O)C(CC(N)=O)NC(=O)C1CCCN1)C(=O)NC(CC(N)=O)C(=O)O. The number of aliphatic carboxylic acids is 1. The molecule has 13 nitrogen and oxygen atoms in total. The van der Waals surface area contributed by atoms with Crippen molar-refractivity contribution in [3.63, 3.8) is 0 Å². The molecule has 1 aliphatic rings. The number of hydrogen-bond donors (Lipinski definition) is 7. The smallest absolute Gasteiger partial charge is 0.326 e. The molecule has 5 atom stereocenters. The molecule has 0 aromatic carbocycles. The van der Waals surface area contributed by atoms with Gasteiger partial charge in [0.2, 0.25) is 29.5 Å². The Morgan fingerprint density at radius 3 is 2.03 bits per heavy atom. The van der Waals surface area contributed by atoms with Crippen molar-refractivity contribution in [2.24, 2.45) is 17.4 Å². The zero-order chi connectivity index (χ0) is 24.4. The van der Waals surface area contributed by atoms with Crippen molar-refractivity contribution < 1.29 is 33.9 Å². The van der Waals surface area contributed by atoms with Crippen LogP contribution in [-0.4, -0.2) is 71.3 Å². The van der Waals surface area contributed by atoms with E-state index in [4.69, 9.17) is 11.5 Å². The summed E-state index contributed by atoms with van der Waals surface area (Å²) < 4.78 is 0. The van der Waals surface area contributed by atoms with E-state index in [2.05, 4.69) is 21.3 Å². The van der Waals surface area contributed by atoms with E-state index in [0.717, 1.165) is 6.42 Å². The monoisotopic (exact) mass is 456 g/mol. The molecule has 0 radical (unpaired) electrons. The Morgan fingerprint density at radius 1 is 0.969 bits per heavy atom. The molecule has 1 saturated heterocycles. The summed E-state index contributed by atoms with van der Waals surface area (Å²) in [6, 6.07) is -4.59. The molecule has 0 bridgehead atoms. The first-order valence-electron chi connectivity index (χ1n) is 10.4. The third kappa shape index (κ3) is 8.49. The Balaban J connectivity index is 2.96. The Hall–Kier alpha value is -3.22. The fraction of sp³-hybridized carbons (Fsp3) is 0.684. The molecule has 0 spiro atoms. The molecule has 0 saturated carbocycles. The first-order chi connectivity index (χ1) is 15.0. The molecule has 1 heterocycles. The summed E-state index contributed by atoms with van der Waals surface area (Å²) in [7, 11) is 0. The van der Waals surface area contributed by atoms with Crippen LogP contribution >= 0.6 is 0 Å². The highest BCUT2D eigenvalue weighted by Gasteiger charge is 2.34. The molecule has 9 N–H and O–H groups in total. The van der Waals surface area contributed by atoms with Crippen LogP contribution in [0.5, 0.6) is 0 Å². The minimum atomic E-state index is -1.57. The van der Waals surface area contributed by atoms with Crippen LogP contribution in [0.4, 0.5) is 0 Å². The van der Waals surface area contributed by atoms with E-state index in [1.807, 2.05) is 0 Å². The molecule has 1 aliphatic heterocycles. The van der Waals surface area contributed by atoms with Gasteiger partial charge in [-0.05, 0) is 25.3 Å². The predicted molar refractivity (Wildman–Crippen MR) is 112 cm³/mol.